The van der Waals surface area contributed by atoms with Gasteiger partial charge in [0, 0.05) is 6.42 Å². The first-order valence-electron chi connectivity index (χ1n) is 19.5. The van der Waals surface area contributed by atoms with Crippen molar-refractivity contribution in [2.75, 3.05) is 6.61 Å². The molecule has 0 bridgehead atoms. The van der Waals surface area contributed by atoms with E-state index in [1.54, 1.807) is 0 Å². The molecule has 0 saturated carbocycles. The summed E-state index contributed by atoms with van der Waals surface area (Å²) in [6.45, 7) is 3.78. The molecule has 0 radical (unpaired) electrons. The lowest BCUT2D eigenvalue weighted by Crippen LogP contribution is -2.63. The minimum atomic E-state index is -1.35. The molecule has 0 unspecified atom stereocenters. The number of aliphatic hydroxyl groups is 1. The molecule has 5 aromatic carbocycles. The Morgan fingerprint density at radius 3 is 1.38 bits per heavy atom. The van der Waals surface area contributed by atoms with Gasteiger partial charge in [-0.2, -0.15) is 0 Å². The molecular weight excluding hydrogens is 709 g/mol. The molecule has 9 nitrogen and oxygen atoms in total. The maximum Gasteiger partial charge on any atom is 0.184 e. The van der Waals surface area contributed by atoms with Crippen molar-refractivity contribution in [3.8, 4) is 0 Å². The molecule has 7 rings (SSSR count). The van der Waals surface area contributed by atoms with Crippen LogP contribution in [0.5, 0.6) is 0 Å². The summed E-state index contributed by atoms with van der Waals surface area (Å²) in [6, 6.07) is 49.8. The standard InChI is InChI=1S/C47H52O9/c1-34-40(50-29-36-19-9-3-10-20-36)27-41(51-30-37-21-11-4-12-22-37)47(54-34)56-44-43(52-31-38-23-13-5-14-24-38)42(33-49-28-35-17-7-2-8-18-35)55-46(48)45(44)53-32-39-25-15-6-16-26-39/h2-26,34,40-48H,27-33H2,1H3/t34-,40+,41-,42-,43-,44+,45+,46+,47-/m1/s1. The third-order valence-electron chi connectivity index (χ3n) is 10.1. The van der Waals surface area contributed by atoms with E-state index in [1.165, 1.54) is 0 Å². The fourth-order valence-corrected chi connectivity index (χ4v) is 7.06. The summed E-state index contributed by atoms with van der Waals surface area (Å²) >= 11 is 0. The van der Waals surface area contributed by atoms with Crippen LogP contribution < -0.4 is 0 Å². The maximum absolute atomic E-state index is 11.7. The first-order valence-corrected chi connectivity index (χ1v) is 19.5. The molecule has 5 aromatic rings. The summed E-state index contributed by atoms with van der Waals surface area (Å²) in [5.74, 6) is 0. The van der Waals surface area contributed by atoms with E-state index >= 15 is 0 Å². The molecule has 9 heteroatoms. The minimum Gasteiger partial charge on any atom is -0.374 e. The lowest BCUT2D eigenvalue weighted by molar-refractivity contribution is -0.359. The SMILES string of the molecule is C[C@H]1O[C@H](O[C@@H]2[C@H](OCc3ccccc3)[C@@H](O)O[C@H](COCc3ccccc3)[C@H]2OCc2ccccc2)[C@H](OCc2ccccc2)C[C@@H]1OCc1ccccc1. The zero-order valence-corrected chi connectivity index (χ0v) is 31.8. The highest BCUT2D eigenvalue weighted by molar-refractivity contribution is 5.17. The molecule has 0 amide bonds. The predicted octanol–water partition coefficient (Wildman–Crippen LogP) is 7.78. The Bertz CT molecular complexity index is 1820. The van der Waals surface area contributed by atoms with Gasteiger partial charge in [0.2, 0.25) is 0 Å². The van der Waals surface area contributed by atoms with Gasteiger partial charge in [0.15, 0.2) is 12.6 Å². The second kappa shape index (κ2) is 20.8. The molecule has 0 aliphatic carbocycles. The van der Waals surface area contributed by atoms with Gasteiger partial charge in [-0.05, 0) is 34.7 Å². The van der Waals surface area contributed by atoms with Crippen LogP contribution in [0.25, 0.3) is 0 Å². The maximum atomic E-state index is 11.7. The zero-order chi connectivity index (χ0) is 38.4. The molecule has 0 aromatic heterocycles. The second-order valence-corrected chi connectivity index (χ2v) is 14.3. The van der Waals surface area contributed by atoms with Crippen molar-refractivity contribution in [3.05, 3.63) is 179 Å². The third-order valence-corrected chi connectivity index (χ3v) is 10.1. The number of ether oxygens (including phenoxy) is 8. The second-order valence-electron chi connectivity index (χ2n) is 14.3. The molecule has 2 aliphatic rings. The van der Waals surface area contributed by atoms with Crippen LogP contribution in [-0.2, 0) is 70.9 Å². The van der Waals surface area contributed by atoms with E-state index in [9.17, 15) is 5.11 Å². The van der Waals surface area contributed by atoms with Crippen molar-refractivity contribution in [1.29, 1.82) is 0 Å². The normalized spacial score (nSPS) is 26.5. The average molecular weight is 761 g/mol. The van der Waals surface area contributed by atoms with Crippen molar-refractivity contribution in [2.24, 2.45) is 0 Å². The highest BCUT2D eigenvalue weighted by Gasteiger charge is 2.51. The Balaban J connectivity index is 1.16. The summed E-state index contributed by atoms with van der Waals surface area (Å²) in [6.07, 6.45) is -6.01. The lowest BCUT2D eigenvalue weighted by atomic mass is 9.97. The smallest absolute Gasteiger partial charge is 0.184 e. The van der Waals surface area contributed by atoms with Crippen LogP contribution in [0.1, 0.15) is 41.2 Å². The fourth-order valence-electron chi connectivity index (χ4n) is 7.06. The van der Waals surface area contributed by atoms with Crippen molar-refractivity contribution < 1.29 is 43.0 Å². The molecule has 2 heterocycles. The number of aliphatic hydroxyl groups excluding tert-OH is 1. The average Bonchev–Trinajstić information content (AvgIpc) is 3.24. The molecule has 294 valence electrons. The van der Waals surface area contributed by atoms with Gasteiger partial charge in [-0.25, -0.2) is 0 Å². The topological polar surface area (TPSA) is 94.1 Å². The van der Waals surface area contributed by atoms with Crippen molar-refractivity contribution >= 4 is 0 Å². The lowest BCUT2D eigenvalue weighted by Gasteiger charge is -2.47. The van der Waals surface area contributed by atoms with E-state index in [4.69, 9.17) is 37.9 Å². The van der Waals surface area contributed by atoms with Crippen LogP contribution in [0.4, 0.5) is 0 Å². The van der Waals surface area contributed by atoms with Gasteiger partial charge in [-0.1, -0.05) is 152 Å². The van der Waals surface area contributed by atoms with Crippen LogP contribution in [0.3, 0.4) is 0 Å². The molecule has 56 heavy (non-hydrogen) atoms. The first kappa shape index (κ1) is 40.0. The Morgan fingerprint density at radius 2 is 0.893 bits per heavy atom. The summed E-state index contributed by atoms with van der Waals surface area (Å²) in [5, 5.41) is 11.7. The first-order chi connectivity index (χ1) is 27.6. The van der Waals surface area contributed by atoms with E-state index < -0.39 is 43.1 Å². The summed E-state index contributed by atoms with van der Waals surface area (Å²) in [5.41, 5.74) is 5.05. The Kier molecular flexibility index (Phi) is 14.8. The highest BCUT2D eigenvalue weighted by Crippen LogP contribution is 2.34. The third kappa shape index (κ3) is 11.4. The van der Waals surface area contributed by atoms with Crippen LogP contribution in [0.2, 0.25) is 0 Å². The predicted molar refractivity (Wildman–Crippen MR) is 211 cm³/mol. The van der Waals surface area contributed by atoms with E-state index in [2.05, 4.69) is 0 Å². The monoisotopic (exact) mass is 760 g/mol. The van der Waals surface area contributed by atoms with Crippen LogP contribution in [-0.4, -0.2) is 67.0 Å². The zero-order valence-electron chi connectivity index (χ0n) is 31.8. The van der Waals surface area contributed by atoms with Crippen LogP contribution in [0.15, 0.2) is 152 Å². The molecule has 1 N–H and O–H groups in total. The van der Waals surface area contributed by atoms with Crippen molar-refractivity contribution in [2.45, 2.75) is 102 Å². The van der Waals surface area contributed by atoms with Crippen molar-refractivity contribution in [3.63, 3.8) is 0 Å². The number of benzene rings is 5. The Morgan fingerprint density at radius 1 is 0.482 bits per heavy atom. The minimum absolute atomic E-state index is 0.141. The molecule has 2 saturated heterocycles. The quantitative estimate of drug-likeness (QED) is 0.0962. The Labute approximate surface area is 330 Å². The summed E-state index contributed by atoms with van der Waals surface area (Å²) in [4.78, 5) is 0. The van der Waals surface area contributed by atoms with E-state index in [-0.39, 0.29) is 32.0 Å². The van der Waals surface area contributed by atoms with E-state index in [0.29, 0.717) is 26.2 Å². The Hall–Kier alpha value is -4.26. The number of hydrogen-bond donors (Lipinski definition) is 1. The van der Waals surface area contributed by atoms with Crippen molar-refractivity contribution in [1.82, 2.24) is 0 Å². The largest absolute Gasteiger partial charge is 0.374 e. The summed E-state index contributed by atoms with van der Waals surface area (Å²) < 4.78 is 52.5. The van der Waals surface area contributed by atoms with Gasteiger partial charge in [-0.15, -0.1) is 0 Å². The van der Waals surface area contributed by atoms with Crippen LogP contribution >= 0.6 is 0 Å². The van der Waals surface area contributed by atoms with Gasteiger partial charge in [-0.3, -0.25) is 0 Å². The molecule has 2 fully saturated rings. The van der Waals surface area contributed by atoms with Crippen LogP contribution in [0, 0.1) is 0 Å². The van der Waals surface area contributed by atoms with Gasteiger partial charge in [0.05, 0.1) is 51.8 Å². The van der Waals surface area contributed by atoms with E-state index in [1.807, 2.05) is 159 Å². The number of hydrogen-bond acceptors (Lipinski definition) is 9. The summed E-state index contributed by atoms with van der Waals surface area (Å²) in [7, 11) is 0. The molecular formula is C47H52O9. The fraction of sp³-hybridized carbons (Fsp3) is 0.362. The molecule has 9 atom stereocenters. The highest BCUT2D eigenvalue weighted by atomic mass is 16.7. The van der Waals surface area contributed by atoms with Gasteiger partial charge < -0.3 is 43.0 Å². The van der Waals surface area contributed by atoms with Gasteiger partial charge in [0.1, 0.15) is 30.5 Å². The van der Waals surface area contributed by atoms with E-state index in [0.717, 1.165) is 27.8 Å². The number of rotatable bonds is 18. The van der Waals surface area contributed by atoms with Gasteiger partial charge in [0.25, 0.3) is 0 Å². The molecule has 2 aliphatic heterocycles. The van der Waals surface area contributed by atoms with Gasteiger partial charge >= 0.3 is 0 Å². The molecule has 0 spiro atoms.